The lowest BCUT2D eigenvalue weighted by molar-refractivity contribution is -0.138. The van der Waals surface area contributed by atoms with Crippen molar-refractivity contribution in [3.05, 3.63) is 59.7 Å². The van der Waals surface area contributed by atoms with E-state index < -0.39 is 11.9 Å². The van der Waals surface area contributed by atoms with E-state index in [9.17, 15) is 9.59 Å². The van der Waals surface area contributed by atoms with Gasteiger partial charge in [0.15, 0.2) is 0 Å². The molecule has 0 spiro atoms. The van der Waals surface area contributed by atoms with Crippen molar-refractivity contribution in [2.45, 2.75) is 38.5 Å². The number of aryl methyl sites for hydroxylation is 2. The second-order valence-electron chi connectivity index (χ2n) is 5.98. The van der Waals surface area contributed by atoms with Crippen LogP contribution in [0, 0.1) is 0 Å². The van der Waals surface area contributed by atoms with Gasteiger partial charge in [0.1, 0.15) is 0 Å². The second kappa shape index (κ2) is 11.5. The highest BCUT2D eigenvalue weighted by molar-refractivity contribution is 5.66. The molecule has 0 saturated heterocycles. The molecule has 2 rings (SSSR count). The van der Waals surface area contributed by atoms with Gasteiger partial charge in [-0.25, -0.2) is 0 Å². The predicted molar refractivity (Wildman–Crippen MR) is 103 cm³/mol. The van der Waals surface area contributed by atoms with Gasteiger partial charge in [0, 0.05) is 24.2 Å². The minimum Gasteiger partial charge on any atom is -0.481 e. The molecule has 0 aliphatic heterocycles. The van der Waals surface area contributed by atoms with Crippen LogP contribution in [0.4, 0.5) is 11.4 Å². The molecular formula is C20H26N2O4. The normalized spacial score (nSPS) is 9.85. The lowest BCUT2D eigenvalue weighted by Crippen LogP contribution is -1.96. The van der Waals surface area contributed by atoms with Gasteiger partial charge < -0.3 is 21.7 Å². The first kappa shape index (κ1) is 21.0. The SMILES string of the molecule is Nc1ccc(CCCC(=O)O)cc1.Nc1ccc(CCCC(=O)O)cc1. The zero-order chi connectivity index (χ0) is 19.4. The number of hydrogen-bond acceptors (Lipinski definition) is 4. The Kier molecular flexibility index (Phi) is 9.31. The minimum absolute atomic E-state index is 0.227. The van der Waals surface area contributed by atoms with E-state index in [-0.39, 0.29) is 12.8 Å². The van der Waals surface area contributed by atoms with E-state index >= 15 is 0 Å². The summed E-state index contributed by atoms with van der Waals surface area (Å²) in [5.74, 6) is -1.48. The Morgan fingerprint density at radius 1 is 0.654 bits per heavy atom. The number of carboxylic acid groups (broad SMARTS) is 2. The van der Waals surface area contributed by atoms with Crippen molar-refractivity contribution >= 4 is 23.3 Å². The molecular weight excluding hydrogens is 332 g/mol. The van der Waals surface area contributed by atoms with Crippen LogP contribution in [0.15, 0.2) is 48.5 Å². The number of rotatable bonds is 8. The van der Waals surface area contributed by atoms with Gasteiger partial charge >= 0.3 is 11.9 Å². The summed E-state index contributed by atoms with van der Waals surface area (Å²) in [7, 11) is 0. The van der Waals surface area contributed by atoms with E-state index in [1.54, 1.807) is 0 Å². The highest BCUT2D eigenvalue weighted by atomic mass is 16.4. The summed E-state index contributed by atoms with van der Waals surface area (Å²) in [6.45, 7) is 0. The van der Waals surface area contributed by atoms with Crippen molar-refractivity contribution in [3.8, 4) is 0 Å². The van der Waals surface area contributed by atoms with Crippen molar-refractivity contribution in [2.24, 2.45) is 0 Å². The van der Waals surface area contributed by atoms with Gasteiger partial charge in [-0.2, -0.15) is 0 Å². The maximum Gasteiger partial charge on any atom is 0.303 e. The largest absolute Gasteiger partial charge is 0.481 e. The van der Waals surface area contributed by atoms with Crippen molar-refractivity contribution < 1.29 is 19.8 Å². The van der Waals surface area contributed by atoms with E-state index in [1.807, 2.05) is 48.5 Å². The van der Waals surface area contributed by atoms with E-state index in [2.05, 4.69) is 0 Å². The van der Waals surface area contributed by atoms with Gasteiger partial charge in [0.25, 0.3) is 0 Å². The number of carbonyl (C=O) groups is 2. The zero-order valence-corrected chi connectivity index (χ0v) is 14.7. The van der Waals surface area contributed by atoms with Gasteiger partial charge in [-0.1, -0.05) is 24.3 Å². The van der Waals surface area contributed by atoms with Gasteiger partial charge in [-0.15, -0.1) is 0 Å². The molecule has 2 aromatic carbocycles. The fraction of sp³-hybridized carbons (Fsp3) is 0.300. The Hall–Kier alpha value is -3.02. The molecule has 0 heterocycles. The number of benzene rings is 2. The Bertz CT molecular complexity index is 620. The third kappa shape index (κ3) is 9.97. The van der Waals surface area contributed by atoms with Crippen molar-refractivity contribution in [2.75, 3.05) is 11.5 Å². The number of nitrogens with two attached hydrogens (primary N) is 2. The Labute approximate surface area is 153 Å². The van der Waals surface area contributed by atoms with Crippen LogP contribution < -0.4 is 11.5 Å². The lowest BCUT2D eigenvalue weighted by Gasteiger charge is -1.99. The molecule has 0 aliphatic carbocycles. The Balaban J connectivity index is 0.000000260. The number of aliphatic carboxylic acids is 2. The van der Waals surface area contributed by atoms with Crippen LogP contribution in [-0.2, 0) is 22.4 Å². The van der Waals surface area contributed by atoms with Crippen LogP contribution in [0.3, 0.4) is 0 Å². The highest BCUT2D eigenvalue weighted by Crippen LogP contribution is 2.09. The number of hydrogen-bond donors (Lipinski definition) is 4. The maximum absolute atomic E-state index is 10.2. The molecule has 6 nitrogen and oxygen atoms in total. The summed E-state index contributed by atoms with van der Waals surface area (Å²) in [4.78, 5) is 20.4. The van der Waals surface area contributed by atoms with Crippen LogP contribution >= 0.6 is 0 Å². The van der Waals surface area contributed by atoms with E-state index in [0.717, 1.165) is 35.3 Å². The quantitative estimate of drug-likeness (QED) is 0.536. The number of nitrogen functional groups attached to an aromatic ring is 2. The highest BCUT2D eigenvalue weighted by Gasteiger charge is 1.98. The standard InChI is InChI=1S/2C10H13NO2/c2*11-9-6-4-8(5-7-9)2-1-3-10(12)13/h2*4-7H,1-3,11H2,(H,12,13). The molecule has 0 fully saturated rings. The first-order valence-corrected chi connectivity index (χ1v) is 8.49. The zero-order valence-electron chi connectivity index (χ0n) is 14.7. The summed E-state index contributed by atoms with van der Waals surface area (Å²) in [5, 5.41) is 16.8. The predicted octanol–water partition coefficient (Wildman–Crippen LogP) is 3.35. The average molecular weight is 358 g/mol. The number of anilines is 2. The second-order valence-corrected chi connectivity index (χ2v) is 5.98. The lowest BCUT2D eigenvalue weighted by atomic mass is 10.1. The van der Waals surface area contributed by atoms with E-state index in [0.29, 0.717) is 12.8 Å². The first-order valence-electron chi connectivity index (χ1n) is 8.49. The van der Waals surface area contributed by atoms with Gasteiger partial charge in [-0.3, -0.25) is 9.59 Å². The average Bonchev–Trinajstić information content (AvgIpc) is 2.58. The molecule has 0 radical (unpaired) electrons. The van der Waals surface area contributed by atoms with Crippen LogP contribution in [0.25, 0.3) is 0 Å². The fourth-order valence-corrected chi connectivity index (χ4v) is 2.26. The number of carboxylic acids is 2. The molecule has 0 atom stereocenters. The fourth-order valence-electron chi connectivity index (χ4n) is 2.26. The summed E-state index contributed by atoms with van der Waals surface area (Å²) in [5.41, 5.74) is 14.8. The third-order valence-electron chi connectivity index (χ3n) is 3.67. The molecule has 0 bridgehead atoms. The van der Waals surface area contributed by atoms with Gasteiger partial charge in [0.2, 0.25) is 0 Å². The molecule has 0 aliphatic rings. The molecule has 0 amide bonds. The van der Waals surface area contributed by atoms with Crippen molar-refractivity contribution in [1.29, 1.82) is 0 Å². The summed E-state index contributed by atoms with van der Waals surface area (Å²) in [6, 6.07) is 15.0. The summed E-state index contributed by atoms with van der Waals surface area (Å²) in [6.07, 6.45) is 3.41. The van der Waals surface area contributed by atoms with E-state index in [4.69, 9.17) is 21.7 Å². The minimum atomic E-state index is -0.740. The van der Waals surface area contributed by atoms with Crippen LogP contribution in [-0.4, -0.2) is 22.2 Å². The molecule has 140 valence electrons. The molecule has 0 unspecified atom stereocenters. The van der Waals surface area contributed by atoms with Crippen LogP contribution in [0.1, 0.15) is 36.8 Å². The molecule has 2 aromatic rings. The van der Waals surface area contributed by atoms with E-state index in [1.165, 1.54) is 0 Å². The van der Waals surface area contributed by atoms with Gasteiger partial charge in [-0.05, 0) is 61.1 Å². The maximum atomic E-state index is 10.2. The smallest absolute Gasteiger partial charge is 0.303 e. The first-order chi connectivity index (χ1) is 12.4. The van der Waals surface area contributed by atoms with Crippen molar-refractivity contribution in [1.82, 2.24) is 0 Å². The van der Waals surface area contributed by atoms with Gasteiger partial charge in [0.05, 0.1) is 0 Å². The summed E-state index contributed by atoms with van der Waals surface area (Å²) < 4.78 is 0. The molecule has 0 aromatic heterocycles. The summed E-state index contributed by atoms with van der Waals surface area (Å²) >= 11 is 0. The Morgan fingerprint density at radius 3 is 1.23 bits per heavy atom. The van der Waals surface area contributed by atoms with Crippen LogP contribution in [0.5, 0.6) is 0 Å². The molecule has 6 N–H and O–H groups in total. The molecule has 6 heteroatoms. The Morgan fingerprint density at radius 2 is 0.962 bits per heavy atom. The van der Waals surface area contributed by atoms with Crippen molar-refractivity contribution in [3.63, 3.8) is 0 Å². The topological polar surface area (TPSA) is 127 Å². The monoisotopic (exact) mass is 358 g/mol. The third-order valence-corrected chi connectivity index (χ3v) is 3.67. The molecule has 0 saturated carbocycles. The molecule has 26 heavy (non-hydrogen) atoms. The van der Waals surface area contributed by atoms with Crippen LogP contribution in [0.2, 0.25) is 0 Å².